The van der Waals surface area contributed by atoms with Crippen molar-refractivity contribution in [3.05, 3.63) is 62.9 Å². The summed E-state index contributed by atoms with van der Waals surface area (Å²) in [5.41, 5.74) is 0.891. The molecule has 0 N–H and O–H groups in total. The van der Waals surface area contributed by atoms with Crippen molar-refractivity contribution in [3.8, 4) is 0 Å². The van der Waals surface area contributed by atoms with Gasteiger partial charge in [0.25, 0.3) is 11.6 Å². The molecule has 0 unspecified atom stereocenters. The summed E-state index contributed by atoms with van der Waals surface area (Å²) in [5, 5.41) is 10.9. The van der Waals surface area contributed by atoms with Crippen molar-refractivity contribution in [1.82, 2.24) is 14.4 Å². The predicted molar refractivity (Wildman–Crippen MR) is 122 cm³/mol. The van der Waals surface area contributed by atoms with Gasteiger partial charge in [0, 0.05) is 51.3 Å². The zero-order chi connectivity index (χ0) is 23.7. The summed E-state index contributed by atoms with van der Waals surface area (Å²) < 4.78 is 7.09. The number of methoxy groups -OCH3 is 1. The smallest absolute Gasteiger partial charge is 0.270 e. The van der Waals surface area contributed by atoms with Crippen molar-refractivity contribution >= 4 is 29.1 Å². The highest BCUT2D eigenvalue weighted by Crippen LogP contribution is 2.24. The Kier molecular flexibility index (Phi) is 9.67. The molecule has 1 aromatic heterocycles. The molecule has 2 rings (SSSR count). The van der Waals surface area contributed by atoms with Crippen LogP contribution in [0.1, 0.15) is 35.8 Å². The van der Waals surface area contributed by atoms with Gasteiger partial charge in [0.05, 0.1) is 28.7 Å². The molecular formula is C22H29ClN4O5. The fourth-order valence-electron chi connectivity index (χ4n) is 3.18. The Hall–Kier alpha value is -2.91. The second kappa shape index (κ2) is 12.2. The topological polar surface area (TPSA) is 97.9 Å². The number of carbonyl (C=O) groups is 2. The highest BCUT2D eigenvalue weighted by molar-refractivity contribution is 6.34. The van der Waals surface area contributed by atoms with Gasteiger partial charge in [0.1, 0.15) is 6.54 Å². The summed E-state index contributed by atoms with van der Waals surface area (Å²) in [6.07, 6.45) is 3.45. The lowest BCUT2D eigenvalue weighted by atomic mass is 10.1. The van der Waals surface area contributed by atoms with Crippen LogP contribution in [0, 0.1) is 10.1 Å². The van der Waals surface area contributed by atoms with Gasteiger partial charge in [0.2, 0.25) is 5.91 Å². The number of hydrogen-bond donors (Lipinski definition) is 0. The molecule has 2 aromatic rings. The summed E-state index contributed by atoms with van der Waals surface area (Å²) in [4.78, 5) is 39.8. The van der Waals surface area contributed by atoms with Crippen LogP contribution in [0.25, 0.3) is 0 Å². The van der Waals surface area contributed by atoms with E-state index in [0.717, 1.165) is 18.2 Å². The molecule has 0 atom stereocenters. The number of non-ortho nitro benzene ring substituents is 1. The average Bonchev–Trinajstić information content (AvgIpc) is 3.17. The molecule has 0 aliphatic heterocycles. The van der Waals surface area contributed by atoms with E-state index >= 15 is 0 Å². The minimum Gasteiger partial charge on any atom is -0.383 e. The van der Waals surface area contributed by atoms with Gasteiger partial charge in [-0.05, 0) is 24.6 Å². The van der Waals surface area contributed by atoms with Crippen LogP contribution >= 0.6 is 11.6 Å². The fraction of sp³-hybridized carbons (Fsp3) is 0.455. The van der Waals surface area contributed by atoms with Crippen LogP contribution in [0.2, 0.25) is 5.02 Å². The number of carbonyl (C=O) groups excluding carboxylic acids is 2. The molecule has 32 heavy (non-hydrogen) atoms. The van der Waals surface area contributed by atoms with Crippen molar-refractivity contribution in [2.45, 2.75) is 26.3 Å². The number of rotatable bonds is 12. The van der Waals surface area contributed by atoms with Crippen LogP contribution in [-0.4, -0.2) is 64.5 Å². The molecule has 10 heteroatoms. The largest absolute Gasteiger partial charge is 0.383 e. The first-order valence-electron chi connectivity index (χ1n) is 10.4. The van der Waals surface area contributed by atoms with E-state index in [0.29, 0.717) is 32.7 Å². The van der Waals surface area contributed by atoms with Crippen molar-refractivity contribution in [1.29, 1.82) is 0 Å². The Morgan fingerprint density at radius 1 is 1.22 bits per heavy atom. The molecule has 0 aliphatic rings. The first kappa shape index (κ1) is 25.4. The van der Waals surface area contributed by atoms with Crippen LogP contribution in [0.5, 0.6) is 0 Å². The summed E-state index contributed by atoms with van der Waals surface area (Å²) in [6.45, 7) is 3.38. The number of benzene rings is 1. The van der Waals surface area contributed by atoms with Gasteiger partial charge in [-0.1, -0.05) is 24.9 Å². The number of nitro benzene ring substituents is 1. The van der Waals surface area contributed by atoms with Gasteiger partial charge in [-0.3, -0.25) is 19.7 Å². The highest BCUT2D eigenvalue weighted by atomic mass is 35.5. The molecule has 2 amide bonds. The van der Waals surface area contributed by atoms with Crippen LogP contribution in [-0.2, 0) is 23.1 Å². The van der Waals surface area contributed by atoms with Crippen molar-refractivity contribution in [3.63, 3.8) is 0 Å². The summed E-state index contributed by atoms with van der Waals surface area (Å²) >= 11 is 6.16. The zero-order valence-corrected chi connectivity index (χ0v) is 19.4. The van der Waals surface area contributed by atoms with Gasteiger partial charge in [-0.15, -0.1) is 0 Å². The van der Waals surface area contributed by atoms with Gasteiger partial charge in [-0.25, -0.2) is 0 Å². The lowest BCUT2D eigenvalue weighted by Gasteiger charge is -2.28. The van der Waals surface area contributed by atoms with E-state index in [4.69, 9.17) is 16.3 Å². The third kappa shape index (κ3) is 6.80. The highest BCUT2D eigenvalue weighted by Gasteiger charge is 2.25. The van der Waals surface area contributed by atoms with Gasteiger partial charge in [-0.2, -0.15) is 0 Å². The Bertz CT molecular complexity index is 946. The molecule has 0 spiro atoms. The van der Waals surface area contributed by atoms with E-state index in [1.165, 1.54) is 17.0 Å². The number of aromatic nitrogens is 1. The third-order valence-electron chi connectivity index (χ3n) is 5.11. The number of unbranched alkanes of at least 4 members (excludes halogenated alkanes) is 1. The standard InChI is InChI=1S/C22H29ClN4O5/c1-4-5-11-26(22(29)19-9-8-17(27(30)31)14-20(19)23)16-21(28)25(12-13-32-3)15-18-7-6-10-24(18)2/h6-10,14H,4-5,11-13,15-16H2,1-3H3. The maximum absolute atomic E-state index is 13.2. The molecule has 9 nitrogen and oxygen atoms in total. The van der Waals surface area contributed by atoms with Crippen LogP contribution in [0.3, 0.4) is 0 Å². The van der Waals surface area contributed by atoms with E-state index in [-0.39, 0.29) is 28.7 Å². The summed E-state index contributed by atoms with van der Waals surface area (Å²) in [7, 11) is 3.47. The normalized spacial score (nSPS) is 10.8. The number of amides is 2. The number of halogens is 1. The maximum atomic E-state index is 13.2. The van der Waals surface area contributed by atoms with E-state index in [9.17, 15) is 19.7 Å². The Morgan fingerprint density at radius 3 is 2.53 bits per heavy atom. The fourth-order valence-corrected chi connectivity index (χ4v) is 3.43. The molecule has 0 bridgehead atoms. The number of nitrogens with zero attached hydrogens (tertiary/aromatic N) is 4. The van der Waals surface area contributed by atoms with Crippen LogP contribution in [0.4, 0.5) is 5.69 Å². The van der Waals surface area contributed by atoms with Crippen molar-refractivity contribution in [2.75, 3.05) is 33.4 Å². The van der Waals surface area contributed by atoms with Crippen LogP contribution in [0.15, 0.2) is 36.5 Å². The molecular weight excluding hydrogens is 436 g/mol. The lowest BCUT2D eigenvalue weighted by Crippen LogP contribution is -2.44. The van der Waals surface area contributed by atoms with Gasteiger partial charge in [0.15, 0.2) is 0 Å². The Labute approximate surface area is 192 Å². The lowest BCUT2D eigenvalue weighted by molar-refractivity contribution is -0.384. The van der Waals surface area contributed by atoms with Gasteiger partial charge >= 0.3 is 0 Å². The summed E-state index contributed by atoms with van der Waals surface area (Å²) in [6, 6.07) is 7.55. The monoisotopic (exact) mass is 464 g/mol. The molecule has 0 radical (unpaired) electrons. The number of ether oxygens (including phenoxy) is 1. The molecule has 0 fully saturated rings. The Balaban J connectivity index is 2.22. The summed E-state index contributed by atoms with van der Waals surface area (Å²) in [5.74, 6) is -0.650. The van der Waals surface area contributed by atoms with E-state index in [1.54, 1.807) is 12.0 Å². The quantitative estimate of drug-likeness (QED) is 0.353. The minimum absolute atomic E-state index is 0.0156. The second-order valence-corrected chi connectivity index (χ2v) is 7.83. The Morgan fingerprint density at radius 2 is 1.97 bits per heavy atom. The third-order valence-corrected chi connectivity index (χ3v) is 5.42. The molecule has 0 aliphatic carbocycles. The second-order valence-electron chi connectivity index (χ2n) is 7.42. The molecule has 174 valence electrons. The first-order chi connectivity index (χ1) is 15.3. The van der Waals surface area contributed by atoms with E-state index in [2.05, 4.69) is 0 Å². The molecule has 0 saturated carbocycles. The molecule has 0 saturated heterocycles. The molecule has 1 aromatic carbocycles. The molecule has 1 heterocycles. The van der Waals surface area contributed by atoms with Gasteiger partial charge < -0.3 is 19.1 Å². The number of aryl methyl sites for hydroxylation is 1. The van der Waals surface area contributed by atoms with E-state index < -0.39 is 10.8 Å². The number of nitro groups is 1. The SMILES string of the molecule is CCCCN(CC(=O)N(CCOC)Cc1cccn1C)C(=O)c1ccc([N+](=O)[O-])cc1Cl. The average molecular weight is 465 g/mol. The zero-order valence-electron chi connectivity index (χ0n) is 18.6. The van der Waals surface area contributed by atoms with Crippen molar-refractivity contribution in [2.24, 2.45) is 7.05 Å². The maximum Gasteiger partial charge on any atom is 0.270 e. The minimum atomic E-state index is -0.574. The van der Waals surface area contributed by atoms with E-state index in [1.807, 2.05) is 36.9 Å². The van der Waals surface area contributed by atoms with Crippen LogP contribution < -0.4 is 0 Å². The first-order valence-corrected chi connectivity index (χ1v) is 10.8. The predicted octanol–water partition coefficient (Wildman–Crippen LogP) is 3.50. The van der Waals surface area contributed by atoms with Crippen molar-refractivity contribution < 1.29 is 19.2 Å². The number of hydrogen-bond acceptors (Lipinski definition) is 5.